The number of aliphatic hydroxyl groups excluding tert-OH is 1. The summed E-state index contributed by atoms with van der Waals surface area (Å²) in [6, 6.07) is 13.4. The minimum Gasteiger partial charge on any atom is -0.390 e. The number of hydrogen-bond donors (Lipinski definition) is 1. The molecule has 5 nitrogen and oxygen atoms in total. The molecule has 1 amide bonds. The topological polar surface area (TPSA) is 47.0 Å². The molecule has 2 saturated heterocycles. The molecule has 0 spiro atoms. The zero-order valence-corrected chi connectivity index (χ0v) is 17.8. The van der Waals surface area contributed by atoms with Crippen molar-refractivity contribution in [2.45, 2.75) is 26.0 Å². The Bertz CT molecular complexity index is 878. The van der Waals surface area contributed by atoms with Crippen molar-refractivity contribution in [2.24, 2.45) is 0 Å². The molecule has 29 heavy (non-hydrogen) atoms. The number of β-amino-alcohol motifs (C(OH)–C–C–N with tert-alkyl or cyclic N) is 1. The Morgan fingerprint density at radius 1 is 1.00 bits per heavy atom. The molecular formula is C23H28ClN3O2. The van der Waals surface area contributed by atoms with Crippen molar-refractivity contribution in [3.05, 3.63) is 64.2 Å². The SMILES string of the molecule is Cc1cccc(N2CCN([C@H]3CN(C(=O)c4ccc(Cl)cc4)C[C@@H]3O)CC2)c1C. The summed E-state index contributed by atoms with van der Waals surface area (Å²) in [6.45, 7) is 8.90. The zero-order chi connectivity index (χ0) is 20.5. The quantitative estimate of drug-likeness (QED) is 0.840. The van der Waals surface area contributed by atoms with Gasteiger partial charge in [0.1, 0.15) is 0 Å². The van der Waals surface area contributed by atoms with Gasteiger partial charge in [-0.15, -0.1) is 0 Å². The van der Waals surface area contributed by atoms with Crippen LogP contribution in [0, 0.1) is 13.8 Å². The van der Waals surface area contributed by atoms with Gasteiger partial charge in [0.25, 0.3) is 5.91 Å². The number of carbonyl (C=O) groups is 1. The van der Waals surface area contributed by atoms with Crippen LogP contribution in [0.3, 0.4) is 0 Å². The summed E-state index contributed by atoms with van der Waals surface area (Å²) in [5.74, 6) is -0.0442. The number of piperazine rings is 1. The fourth-order valence-electron chi connectivity index (χ4n) is 4.44. The summed E-state index contributed by atoms with van der Waals surface area (Å²) in [4.78, 5) is 19.3. The standard InChI is InChI=1S/C23H28ClN3O2/c1-16-4-3-5-20(17(16)2)25-10-12-26(13-11-25)21-14-27(15-22(21)28)23(29)18-6-8-19(24)9-7-18/h3-9,21-22,28H,10-15H2,1-2H3/t21-,22-/m0/s1. The third kappa shape index (κ3) is 4.13. The first kappa shape index (κ1) is 20.2. The van der Waals surface area contributed by atoms with Gasteiger partial charge in [-0.05, 0) is 55.3 Å². The maximum Gasteiger partial charge on any atom is 0.253 e. The Hall–Kier alpha value is -2.08. The molecule has 2 aliphatic rings. The van der Waals surface area contributed by atoms with E-state index in [9.17, 15) is 9.90 Å². The summed E-state index contributed by atoms with van der Waals surface area (Å²) in [6.07, 6.45) is -0.515. The van der Waals surface area contributed by atoms with Crippen LogP contribution in [0.25, 0.3) is 0 Å². The van der Waals surface area contributed by atoms with E-state index in [1.165, 1.54) is 16.8 Å². The molecule has 0 aromatic heterocycles. The van der Waals surface area contributed by atoms with Crippen LogP contribution in [0.1, 0.15) is 21.5 Å². The molecule has 2 atom stereocenters. The summed E-state index contributed by atoms with van der Waals surface area (Å²) in [5.41, 5.74) is 4.56. The first-order valence-electron chi connectivity index (χ1n) is 10.2. The number of likely N-dealkylation sites (tertiary alicyclic amines) is 1. The Labute approximate surface area is 177 Å². The van der Waals surface area contributed by atoms with Gasteiger partial charge in [-0.3, -0.25) is 9.69 Å². The van der Waals surface area contributed by atoms with E-state index >= 15 is 0 Å². The number of anilines is 1. The first-order chi connectivity index (χ1) is 13.9. The van der Waals surface area contributed by atoms with Crippen molar-refractivity contribution in [2.75, 3.05) is 44.2 Å². The highest BCUT2D eigenvalue weighted by Crippen LogP contribution is 2.26. The monoisotopic (exact) mass is 413 g/mol. The first-order valence-corrected chi connectivity index (χ1v) is 10.6. The average molecular weight is 414 g/mol. The molecule has 2 aromatic rings. The van der Waals surface area contributed by atoms with Crippen molar-refractivity contribution < 1.29 is 9.90 Å². The fraction of sp³-hybridized carbons (Fsp3) is 0.435. The predicted molar refractivity (Wildman–Crippen MR) is 117 cm³/mol. The molecular weight excluding hydrogens is 386 g/mol. The molecule has 0 unspecified atom stereocenters. The lowest BCUT2D eigenvalue weighted by Gasteiger charge is -2.40. The second kappa shape index (κ2) is 8.34. The molecule has 2 fully saturated rings. The molecule has 0 saturated carbocycles. The molecule has 0 aliphatic carbocycles. The van der Waals surface area contributed by atoms with Crippen LogP contribution >= 0.6 is 11.6 Å². The highest BCUT2D eigenvalue weighted by molar-refractivity contribution is 6.30. The van der Waals surface area contributed by atoms with Crippen LogP contribution in [0.4, 0.5) is 5.69 Å². The largest absolute Gasteiger partial charge is 0.390 e. The van der Waals surface area contributed by atoms with Crippen LogP contribution in [-0.2, 0) is 0 Å². The van der Waals surface area contributed by atoms with E-state index in [1.807, 2.05) is 0 Å². The molecule has 0 radical (unpaired) electrons. The van der Waals surface area contributed by atoms with E-state index in [0.717, 1.165) is 26.2 Å². The number of amides is 1. The number of benzene rings is 2. The lowest BCUT2D eigenvalue weighted by atomic mass is 10.1. The minimum absolute atomic E-state index is 0.00740. The summed E-state index contributed by atoms with van der Waals surface area (Å²) in [7, 11) is 0. The van der Waals surface area contributed by atoms with E-state index in [-0.39, 0.29) is 11.9 Å². The lowest BCUT2D eigenvalue weighted by Crippen LogP contribution is -2.54. The molecule has 2 heterocycles. The molecule has 1 N–H and O–H groups in total. The number of nitrogens with zero attached hydrogens (tertiary/aromatic N) is 3. The number of aliphatic hydroxyl groups is 1. The van der Waals surface area contributed by atoms with Crippen molar-refractivity contribution in [3.63, 3.8) is 0 Å². The molecule has 4 rings (SSSR count). The van der Waals surface area contributed by atoms with Crippen LogP contribution in [0.5, 0.6) is 0 Å². The van der Waals surface area contributed by atoms with Gasteiger partial charge in [0.15, 0.2) is 0 Å². The molecule has 2 aliphatic heterocycles. The van der Waals surface area contributed by atoms with Crippen LogP contribution in [0.2, 0.25) is 5.02 Å². The van der Waals surface area contributed by atoms with Gasteiger partial charge in [-0.25, -0.2) is 0 Å². The molecule has 6 heteroatoms. The highest BCUT2D eigenvalue weighted by Gasteiger charge is 2.39. The summed E-state index contributed by atoms with van der Waals surface area (Å²) in [5, 5.41) is 11.3. The summed E-state index contributed by atoms with van der Waals surface area (Å²) >= 11 is 5.92. The number of aryl methyl sites for hydroxylation is 1. The Balaban J connectivity index is 1.38. The highest BCUT2D eigenvalue weighted by atomic mass is 35.5. The number of hydrogen-bond acceptors (Lipinski definition) is 4. The van der Waals surface area contributed by atoms with Crippen LogP contribution in [-0.4, -0.2) is 72.2 Å². The Morgan fingerprint density at radius 3 is 2.38 bits per heavy atom. The second-order valence-corrected chi connectivity index (χ2v) is 8.53. The van der Waals surface area contributed by atoms with Gasteiger partial charge in [0, 0.05) is 55.5 Å². The average Bonchev–Trinajstić information content (AvgIpc) is 3.12. The van der Waals surface area contributed by atoms with Crippen molar-refractivity contribution >= 4 is 23.2 Å². The molecule has 0 bridgehead atoms. The van der Waals surface area contributed by atoms with Crippen molar-refractivity contribution in [1.29, 1.82) is 0 Å². The predicted octanol–water partition coefficient (Wildman–Crippen LogP) is 2.96. The Morgan fingerprint density at radius 2 is 1.69 bits per heavy atom. The summed E-state index contributed by atoms with van der Waals surface area (Å²) < 4.78 is 0. The number of rotatable bonds is 3. The van der Waals surface area contributed by atoms with E-state index in [1.54, 1.807) is 29.2 Å². The smallest absolute Gasteiger partial charge is 0.253 e. The third-order valence-electron chi connectivity index (χ3n) is 6.34. The van der Waals surface area contributed by atoms with E-state index in [2.05, 4.69) is 41.8 Å². The number of carbonyl (C=O) groups excluding carboxylic acids is 1. The van der Waals surface area contributed by atoms with Gasteiger partial charge < -0.3 is 14.9 Å². The van der Waals surface area contributed by atoms with Crippen molar-refractivity contribution in [1.82, 2.24) is 9.80 Å². The van der Waals surface area contributed by atoms with Gasteiger partial charge in [-0.2, -0.15) is 0 Å². The van der Waals surface area contributed by atoms with Gasteiger partial charge in [-0.1, -0.05) is 23.7 Å². The third-order valence-corrected chi connectivity index (χ3v) is 6.59. The minimum atomic E-state index is -0.515. The van der Waals surface area contributed by atoms with E-state index in [0.29, 0.717) is 23.7 Å². The second-order valence-electron chi connectivity index (χ2n) is 8.09. The fourth-order valence-corrected chi connectivity index (χ4v) is 4.57. The zero-order valence-electron chi connectivity index (χ0n) is 17.0. The van der Waals surface area contributed by atoms with E-state index in [4.69, 9.17) is 11.6 Å². The lowest BCUT2D eigenvalue weighted by molar-refractivity contribution is 0.0754. The maximum atomic E-state index is 12.8. The van der Waals surface area contributed by atoms with Crippen LogP contribution in [0.15, 0.2) is 42.5 Å². The van der Waals surface area contributed by atoms with Gasteiger partial charge in [0.05, 0.1) is 12.1 Å². The normalized spacial score (nSPS) is 22.9. The van der Waals surface area contributed by atoms with Crippen molar-refractivity contribution in [3.8, 4) is 0 Å². The van der Waals surface area contributed by atoms with E-state index < -0.39 is 6.10 Å². The Kier molecular flexibility index (Phi) is 5.81. The van der Waals surface area contributed by atoms with Gasteiger partial charge >= 0.3 is 0 Å². The maximum absolute atomic E-state index is 12.8. The van der Waals surface area contributed by atoms with Gasteiger partial charge in [0.2, 0.25) is 0 Å². The molecule has 154 valence electrons. The molecule has 2 aromatic carbocycles. The number of halogens is 1. The van der Waals surface area contributed by atoms with Crippen LogP contribution < -0.4 is 4.90 Å².